The van der Waals surface area contributed by atoms with Crippen molar-refractivity contribution in [2.45, 2.75) is 26.9 Å². The lowest BCUT2D eigenvalue weighted by Gasteiger charge is -2.07. The number of aliphatic carboxylic acids is 1. The van der Waals surface area contributed by atoms with E-state index < -0.39 is 11.9 Å². The van der Waals surface area contributed by atoms with Gasteiger partial charge in [0.2, 0.25) is 0 Å². The van der Waals surface area contributed by atoms with Crippen molar-refractivity contribution in [1.82, 2.24) is 9.97 Å². The van der Waals surface area contributed by atoms with Crippen LogP contribution in [0.4, 0.5) is 5.82 Å². The van der Waals surface area contributed by atoms with Crippen molar-refractivity contribution in [3.63, 3.8) is 0 Å². The Morgan fingerprint density at radius 2 is 2.09 bits per heavy atom. The maximum atomic E-state index is 12.0. The van der Waals surface area contributed by atoms with Gasteiger partial charge in [0.15, 0.2) is 0 Å². The molecule has 0 atom stereocenters. The van der Waals surface area contributed by atoms with Crippen LogP contribution in [0, 0.1) is 6.92 Å². The molecule has 0 saturated carbocycles. The lowest BCUT2D eigenvalue weighted by Crippen LogP contribution is -2.13. The van der Waals surface area contributed by atoms with Crippen molar-refractivity contribution in [1.29, 1.82) is 0 Å². The van der Waals surface area contributed by atoms with E-state index in [0.29, 0.717) is 26.5 Å². The van der Waals surface area contributed by atoms with E-state index in [1.165, 1.54) is 17.7 Å². The Morgan fingerprint density at radius 3 is 2.68 bits per heavy atom. The van der Waals surface area contributed by atoms with E-state index in [9.17, 15) is 9.59 Å². The van der Waals surface area contributed by atoms with E-state index in [0.717, 1.165) is 0 Å². The summed E-state index contributed by atoms with van der Waals surface area (Å²) in [6.45, 7) is 5.07. The number of thiophene rings is 1. The van der Waals surface area contributed by atoms with Crippen LogP contribution < -0.4 is 5.32 Å². The van der Waals surface area contributed by atoms with Gasteiger partial charge in [-0.1, -0.05) is 0 Å². The summed E-state index contributed by atoms with van der Waals surface area (Å²) in [5.41, 5.74) is 0.689. The van der Waals surface area contributed by atoms with Gasteiger partial charge in [0, 0.05) is 0 Å². The van der Waals surface area contributed by atoms with Crippen LogP contribution >= 0.6 is 23.7 Å². The van der Waals surface area contributed by atoms with Gasteiger partial charge >= 0.3 is 11.9 Å². The second-order valence-corrected chi connectivity index (χ2v) is 5.66. The van der Waals surface area contributed by atoms with Crippen LogP contribution in [-0.2, 0) is 9.53 Å². The van der Waals surface area contributed by atoms with Crippen molar-refractivity contribution in [2.24, 2.45) is 0 Å². The number of hydrogen-bond donors (Lipinski definition) is 2. The standard InChI is InChI=1S/C13H15N3O4S.ClH/c1-6(2)20-13(19)10-7(3)9-11(14-4-8(17)18)15-5-16-12(9)21-10;/h5-6H,4H2,1-3H3,(H,17,18)(H,14,15,16);1H. The topological polar surface area (TPSA) is 101 Å². The molecule has 2 rings (SSSR count). The lowest BCUT2D eigenvalue weighted by atomic mass is 10.2. The van der Waals surface area contributed by atoms with Gasteiger partial charge in [-0.25, -0.2) is 14.8 Å². The van der Waals surface area contributed by atoms with Crippen LogP contribution in [0.25, 0.3) is 10.2 Å². The largest absolute Gasteiger partial charge is 0.480 e. The highest BCUT2D eigenvalue weighted by atomic mass is 35.5. The molecule has 0 aliphatic rings. The number of nitrogens with zero attached hydrogens (tertiary/aromatic N) is 2. The summed E-state index contributed by atoms with van der Waals surface area (Å²) in [6, 6.07) is 0. The number of nitrogens with one attached hydrogen (secondary N) is 1. The van der Waals surface area contributed by atoms with Gasteiger partial charge in [0.1, 0.15) is 28.4 Å². The molecule has 2 aromatic heterocycles. The molecule has 0 amide bonds. The monoisotopic (exact) mass is 345 g/mol. The minimum atomic E-state index is -0.992. The number of ether oxygens (including phenoxy) is 1. The quantitative estimate of drug-likeness (QED) is 0.802. The summed E-state index contributed by atoms with van der Waals surface area (Å²) in [7, 11) is 0. The SMILES string of the molecule is Cc1c(C(=O)OC(C)C)sc2ncnc(NCC(=O)O)c12.Cl. The second-order valence-electron chi connectivity index (χ2n) is 4.66. The van der Waals surface area contributed by atoms with Crippen LogP contribution in [0.3, 0.4) is 0 Å². The molecule has 0 aliphatic carbocycles. The molecule has 2 heterocycles. The molecular formula is C13H16ClN3O4S. The summed E-state index contributed by atoms with van der Waals surface area (Å²) < 4.78 is 5.19. The fraction of sp³-hybridized carbons (Fsp3) is 0.385. The Balaban J connectivity index is 0.00000242. The highest BCUT2D eigenvalue weighted by molar-refractivity contribution is 7.20. The molecule has 0 unspecified atom stereocenters. The third-order valence-corrected chi connectivity index (χ3v) is 3.84. The highest BCUT2D eigenvalue weighted by Crippen LogP contribution is 2.33. The maximum Gasteiger partial charge on any atom is 0.348 e. The van der Waals surface area contributed by atoms with Gasteiger partial charge in [0.05, 0.1) is 11.5 Å². The first-order valence-electron chi connectivity index (χ1n) is 6.31. The number of rotatable bonds is 5. The Labute approximate surface area is 137 Å². The number of esters is 1. The fourth-order valence-corrected chi connectivity index (χ4v) is 2.86. The van der Waals surface area contributed by atoms with Gasteiger partial charge < -0.3 is 15.2 Å². The third-order valence-electron chi connectivity index (χ3n) is 2.66. The Hall–Kier alpha value is -1.93. The summed E-state index contributed by atoms with van der Waals surface area (Å²) >= 11 is 1.21. The second kappa shape index (κ2) is 7.37. The lowest BCUT2D eigenvalue weighted by molar-refractivity contribution is -0.134. The zero-order valence-corrected chi connectivity index (χ0v) is 13.9. The maximum absolute atomic E-state index is 12.0. The van der Waals surface area contributed by atoms with Gasteiger partial charge in [0.25, 0.3) is 0 Å². The number of hydrogen-bond acceptors (Lipinski definition) is 7. The van der Waals surface area contributed by atoms with E-state index in [-0.39, 0.29) is 25.1 Å². The zero-order valence-electron chi connectivity index (χ0n) is 12.2. The summed E-state index contributed by atoms with van der Waals surface area (Å²) in [4.78, 5) is 31.9. The smallest absolute Gasteiger partial charge is 0.348 e. The van der Waals surface area contributed by atoms with E-state index in [4.69, 9.17) is 9.84 Å². The number of carbonyl (C=O) groups is 2. The first-order valence-corrected chi connectivity index (χ1v) is 7.12. The van der Waals surface area contributed by atoms with E-state index in [1.54, 1.807) is 20.8 Å². The summed E-state index contributed by atoms with van der Waals surface area (Å²) in [5.74, 6) is -0.997. The molecule has 0 bridgehead atoms. The highest BCUT2D eigenvalue weighted by Gasteiger charge is 2.21. The summed E-state index contributed by atoms with van der Waals surface area (Å²) in [5, 5.41) is 12.1. The number of anilines is 1. The molecule has 120 valence electrons. The average molecular weight is 346 g/mol. The van der Waals surface area contributed by atoms with Crippen LogP contribution in [0.2, 0.25) is 0 Å². The number of aryl methyl sites for hydroxylation is 1. The number of halogens is 1. The van der Waals surface area contributed by atoms with Crippen LogP contribution in [0.15, 0.2) is 6.33 Å². The van der Waals surface area contributed by atoms with Crippen molar-refractivity contribution in [3.8, 4) is 0 Å². The van der Waals surface area contributed by atoms with Gasteiger partial charge in [-0.3, -0.25) is 4.79 Å². The van der Waals surface area contributed by atoms with Crippen LogP contribution in [-0.4, -0.2) is 39.7 Å². The average Bonchev–Trinajstić information content (AvgIpc) is 2.74. The van der Waals surface area contributed by atoms with Gasteiger partial charge in [-0.2, -0.15) is 0 Å². The predicted octanol–water partition coefficient (Wildman–Crippen LogP) is 2.48. The van der Waals surface area contributed by atoms with E-state index in [2.05, 4.69) is 15.3 Å². The molecule has 0 fully saturated rings. The molecule has 0 radical (unpaired) electrons. The third kappa shape index (κ3) is 3.83. The van der Waals surface area contributed by atoms with Crippen molar-refractivity contribution >= 4 is 51.7 Å². The van der Waals surface area contributed by atoms with Crippen molar-refractivity contribution < 1.29 is 19.4 Å². The van der Waals surface area contributed by atoms with Crippen LogP contribution in [0.1, 0.15) is 29.1 Å². The number of aromatic nitrogens is 2. The number of fused-ring (bicyclic) bond motifs is 1. The van der Waals surface area contributed by atoms with Gasteiger partial charge in [-0.05, 0) is 26.3 Å². The predicted molar refractivity (Wildman–Crippen MR) is 86.1 cm³/mol. The number of carboxylic acids is 1. The zero-order chi connectivity index (χ0) is 15.6. The minimum Gasteiger partial charge on any atom is -0.480 e. The number of carboxylic acid groups (broad SMARTS) is 1. The molecule has 0 spiro atoms. The van der Waals surface area contributed by atoms with E-state index in [1.807, 2.05) is 0 Å². The Bertz CT molecular complexity index is 702. The van der Waals surface area contributed by atoms with Crippen molar-refractivity contribution in [3.05, 3.63) is 16.8 Å². The molecule has 2 N–H and O–H groups in total. The first-order chi connectivity index (χ1) is 9.90. The first kappa shape index (κ1) is 18.1. The van der Waals surface area contributed by atoms with Gasteiger partial charge in [-0.15, -0.1) is 23.7 Å². The Kier molecular flexibility index (Phi) is 6.07. The Morgan fingerprint density at radius 1 is 1.41 bits per heavy atom. The molecule has 22 heavy (non-hydrogen) atoms. The molecule has 0 aromatic carbocycles. The summed E-state index contributed by atoms with van der Waals surface area (Å²) in [6.07, 6.45) is 1.12. The molecular weight excluding hydrogens is 330 g/mol. The fourth-order valence-electron chi connectivity index (χ4n) is 1.83. The minimum absolute atomic E-state index is 0. The molecule has 7 nitrogen and oxygen atoms in total. The van der Waals surface area contributed by atoms with E-state index >= 15 is 0 Å². The molecule has 2 aromatic rings. The normalized spacial score (nSPS) is 10.4. The van der Waals surface area contributed by atoms with Crippen molar-refractivity contribution in [2.75, 3.05) is 11.9 Å². The number of carbonyl (C=O) groups excluding carboxylic acids is 1. The van der Waals surface area contributed by atoms with Crippen LogP contribution in [0.5, 0.6) is 0 Å². The molecule has 9 heteroatoms. The molecule has 0 aliphatic heterocycles. The molecule has 0 saturated heterocycles.